The fraction of sp³-hybridized carbons (Fsp3) is 0.417. The van der Waals surface area contributed by atoms with Crippen molar-refractivity contribution in [2.45, 2.75) is 38.2 Å². The highest BCUT2D eigenvalue weighted by Gasteiger charge is 2.19. The predicted octanol–water partition coefficient (Wildman–Crippen LogP) is 1.88. The largest absolute Gasteiger partial charge is 0.281 e. The van der Waals surface area contributed by atoms with E-state index in [0.29, 0.717) is 11.1 Å². The van der Waals surface area contributed by atoms with Crippen LogP contribution in [0.5, 0.6) is 0 Å². The zero-order valence-electron chi connectivity index (χ0n) is 10.8. The van der Waals surface area contributed by atoms with E-state index in [-0.39, 0.29) is 4.90 Å². The maximum Gasteiger partial charge on any atom is 0.262 e. The van der Waals surface area contributed by atoms with E-state index in [0.717, 1.165) is 0 Å². The quantitative estimate of drug-likeness (QED) is 0.849. The Morgan fingerprint density at radius 1 is 1.33 bits per heavy atom. The maximum atomic E-state index is 11.9. The molecule has 0 saturated carbocycles. The Morgan fingerprint density at radius 2 is 1.94 bits per heavy atom. The molecule has 1 aromatic rings. The molecule has 0 atom stereocenters. The molecule has 1 N–H and O–H groups in total. The molecule has 0 unspecified atom stereocenters. The molecular formula is C12H16N2O3S. The van der Waals surface area contributed by atoms with Crippen LogP contribution in [-0.4, -0.2) is 14.0 Å². The molecule has 0 radical (unpaired) electrons. The van der Waals surface area contributed by atoms with Crippen molar-refractivity contribution in [3.05, 3.63) is 29.3 Å². The van der Waals surface area contributed by atoms with Gasteiger partial charge in [-0.2, -0.15) is 5.26 Å². The Hall–Kier alpha value is -1.42. The number of hydrogen-bond acceptors (Lipinski definition) is 4. The Kier molecular flexibility index (Phi) is 4.12. The highest BCUT2D eigenvalue weighted by atomic mass is 32.2. The number of aryl methyl sites for hydroxylation is 1. The van der Waals surface area contributed by atoms with Crippen LogP contribution in [0.3, 0.4) is 0 Å². The lowest BCUT2D eigenvalue weighted by Gasteiger charge is -2.19. The summed E-state index contributed by atoms with van der Waals surface area (Å²) in [6, 6.07) is 6.27. The number of hydrogen-bond donors (Lipinski definition) is 1. The second-order valence-corrected chi connectivity index (χ2v) is 6.53. The summed E-state index contributed by atoms with van der Waals surface area (Å²) < 4.78 is 23.8. The first-order valence-electron chi connectivity index (χ1n) is 5.36. The van der Waals surface area contributed by atoms with Crippen LogP contribution in [0.2, 0.25) is 0 Å². The number of nitrogens with zero attached hydrogens (tertiary/aromatic N) is 1. The van der Waals surface area contributed by atoms with E-state index in [1.807, 2.05) is 6.07 Å². The van der Waals surface area contributed by atoms with E-state index < -0.39 is 15.6 Å². The van der Waals surface area contributed by atoms with Crippen LogP contribution in [0, 0.1) is 18.3 Å². The molecule has 0 fully saturated rings. The van der Waals surface area contributed by atoms with Gasteiger partial charge in [-0.05, 0) is 51.5 Å². The SMILES string of the molecule is Cc1cc(S(=O)(=O)NOC(C)(C)C)ccc1C#N. The third-order valence-electron chi connectivity index (χ3n) is 2.09. The van der Waals surface area contributed by atoms with Crippen LogP contribution >= 0.6 is 0 Å². The van der Waals surface area contributed by atoms with Gasteiger partial charge in [-0.25, -0.2) is 8.42 Å². The average molecular weight is 268 g/mol. The lowest BCUT2D eigenvalue weighted by atomic mass is 10.1. The van der Waals surface area contributed by atoms with E-state index >= 15 is 0 Å². The van der Waals surface area contributed by atoms with Gasteiger partial charge in [0, 0.05) is 0 Å². The van der Waals surface area contributed by atoms with Gasteiger partial charge in [0.25, 0.3) is 10.0 Å². The fourth-order valence-electron chi connectivity index (χ4n) is 1.16. The lowest BCUT2D eigenvalue weighted by molar-refractivity contribution is -0.0357. The number of benzene rings is 1. The van der Waals surface area contributed by atoms with Crippen molar-refractivity contribution in [1.29, 1.82) is 5.26 Å². The summed E-state index contributed by atoms with van der Waals surface area (Å²) >= 11 is 0. The first-order chi connectivity index (χ1) is 8.15. The summed E-state index contributed by atoms with van der Waals surface area (Å²) in [5.74, 6) is 0. The van der Waals surface area contributed by atoms with E-state index in [1.165, 1.54) is 18.2 Å². The number of nitrogens with one attached hydrogen (secondary N) is 1. The highest BCUT2D eigenvalue weighted by Crippen LogP contribution is 2.15. The van der Waals surface area contributed by atoms with E-state index in [9.17, 15) is 8.42 Å². The molecule has 0 bridgehead atoms. The number of nitriles is 1. The molecule has 0 saturated heterocycles. The van der Waals surface area contributed by atoms with Crippen LogP contribution < -0.4 is 4.89 Å². The summed E-state index contributed by atoms with van der Waals surface area (Å²) in [7, 11) is -3.72. The number of rotatable bonds is 3. The Labute approximate surface area is 107 Å². The van der Waals surface area contributed by atoms with Crippen molar-refractivity contribution >= 4 is 10.0 Å². The molecule has 1 rings (SSSR count). The van der Waals surface area contributed by atoms with Gasteiger partial charge in [0.15, 0.2) is 0 Å². The smallest absolute Gasteiger partial charge is 0.262 e. The zero-order chi connectivity index (χ0) is 14.0. The summed E-state index contributed by atoms with van der Waals surface area (Å²) in [5, 5.41) is 8.78. The molecule has 5 nitrogen and oxygen atoms in total. The molecule has 0 aliphatic rings. The summed E-state index contributed by atoms with van der Waals surface area (Å²) in [6.07, 6.45) is 0. The average Bonchev–Trinajstić information content (AvgIpc) is 2.25. The molecular weight excluding hydrogens is 252 g/mol. The van der Waals surface area contributed by atoms with Gasteiger partial charge in [0.1, 0.15) is 0 Å². The third-order valence-corrected chi connectivity index (χ3v) is 3.26. The minimum absolute atomic E-state index is 0.0725. The highest BCUT2D eigenvalue weighted by molar-refractivity contribution is 7.89. The summed E-state index contributed by atoms with van der Waals surface area (Å²) in [6.45, 7) is 6.89. The Morgan fingerprint density at radius 3 is 2.39 bits per heavy atom. The molecule has 0 heterocycles. The van der Waals surface area contributed by atoms with Crippen molar-refractivity contribution in [3.8, 4) is 6.07 Å². The molecule has 0 aliphatic heterocycles. The first kappa shape index (κ1) is 14.6. The fourth-order valence-corrected chi connectivity index (χ4v) is 2.19. The summed E-state index contributed by atoms with van der Waals surface area (Å²) in [4.78, 5) is 7.18. The first-order valence-corrected chi connectivity index (χ1v) is 6.84. The van der Waals surface area contributed by atoms with Crippen molar-refractivity contribution in [1.82, 2.24) is 4.89 Å². The normalized spacial score (nSPS) is 12.2. The van der Waals surface area contributed by atoms with Crippen molar-refractivity contribution in [2.75, 3.05) is 0 Å². The monoisotopic (exact) mass is 268 g/mol. The maximum absolute atomic E-state index is 11.9. The third kappa shape index (κ3) is 3.81. The van der Waals surface area contributed by atoms with Gasteiger partial charge < -0.3 is 0 Å². The standard InChI is InChI=1S/C12H16N2O3S/c1-9-7-11(6-5-10(9)8-13)18(15,16)14-17-12(2,3)4/h5-7,14H,1-4H3. The van der Waals surface area contributed by atoms with Crippen molar-refractivity contribution in [2.24, 2.45) is 0 Å². The van der Waals surface area contributed by atoms with Crippen molar-refractivity contribution in [3.63, 3.8) is 0 Å². The van der Waals surface area contributed by atoms with Gasteiger partial charge in [0.05, 0.1) is 22.1 Å². The van der Waals surface area contributed by atoms with Crippen LogP contribution in [0.1, 0.15) is 31.9 Å². The lowest BCUT2D eigenvalue weighted by Crippen LogP contribution is -2.33. The van der Waals surface area contributed by atoms with E-state index in [1.54, 1.807) is 27.7 Å². The Balaban J connectivity index is 3.00. The van der Waals surface area contributed by atoms with Gasteiger partial charge in [-0.3, -0.25) is 4.84 Å². The van der Waals surface area contributed by atoms with Gasteiger partial charge in [0.2, 0.25) is 0 Å². The molecule has 0 aromatic heterocycles. The summed E-state index contributed by atoms with van der Waals surface area (Å²) in [5.41, 5.74) is 0.441. The van der Waals surface area contributed by atoms with Gasteiger partial charge in [-0.15, -0.1) is 0 Å². The zero-order valence-corrected chi connectivity index (χ0v) is 11.6. The minimum Gasteiger partial charge on any atom is -0.281 e. The molecule has 0 spiro atoms. The molecule has 0 aliphatic carbocycles. The predicted molar refractivity (Wildman–Crippen MR) is 67.1 cm³/mol. The van der Waals surface area contributed by atoms with Crippen LogP contribution in [0.4, 0.5) is 0 Å². The van der Waals surface area contributed by atoms with Crippen molar-refractivity contribution < 1.29 is 13.3 Å². The molecule has 6 heteroatoms. The van der Waals surface area contributed by atoms with Crippen LogP contribution in [-0.2, 0) is 14.9 Å². The topological polar surface area (TPSA) is 79.2 Å². The van der Waals surface area contributed by atoms with E-state index in [4.69, 9.17) is 10.1 Å². The minimum atomic E-state index is -3.72. The molecule has 98 valence electrons. The van der Waals surface area contributed by atoms with Crippen LogP contribution in [0.15, 0.2) is 23.1 Å². The van der Waals surface area contributed by atoms with Gasteiger partial charge in [-0.1, -0.05) is 4.89 Å². The number of sulfonamides is 1. The Bertz CT molecular complexity index is 580. The molecule has 18 heavy (non-hydrogen) atoms. The molecule has 1 aromatic carbocycles. The second-order valence-electron chi connectivity index (χ2n) is 4.89. The van der Waals surface area contributed by atoms with Crippen LogP contribution in [0.25, 0.3) is 0 Å². The van der Waals surface area contributed by atoms with Gasteiger partial charge >= 0.3 is 0 Å². The second kappa shape index (κ2) is 5.06. The van der Waals surface area contributed by atoms with E-state index in [2.05, 4.69) is 4.89 Å². The molecule has 0 amide bonds.